The van der Waals surface area contributed by atoms with Crippen molar-refractivity contribution in [2.24, 2.45) is 0 Å². The highest BCUT2D eigenvalue weighted by Crippen LogP contribution is 2.32. The van der Waals surface area contributed by atoms with E-state index in [1.165, 1.54) is 24.2 Å². The molecule has 0 aliphatic rings. The molecule has 0 unspecified atom stereocenters. The molecule has 0 spiro atoms. The van der Waals surface area contributed by atoms with Crippen molar-refractivity contribution in [3.63, 3.8) is 0 Å². The molecule has 0 saturated carbocycles. The van der Waals surface area contributed by atoms with Crippen LogP contribution in [0.2, 0.25) is 0 Å². The second-order valence-corrected chi connectivity index (χ2v) is 6.89. The predicted molar refractivity (Wildman–Crippen MR) is 76.2 cm³/mol. The number of carbonyl (C=O) groups is 1. The van der Waals surface area contributed by atoms with E-state index >= 15 is 0 Å². The maximum absolute atomic E-state index is 12.0. The fourth-order valence-corrected chi connectivity index (χ4v) is 3.37. The molecular weight excluding hydrogens is 354 g/mol. The molecule has 0 radical (unpaired) electrons. The van der Waals surface area contributed by atoms with Gasteiger partial charge < -0.3 is 4.90 Å². The SMILES string of the molecule is CCCCCN(C)C(=O)c1cc(Br)c(Br)s1. The van der Waals surface area contributed by atoms with Crippen molar-refractivity contribution in [2.45, 2.75) is 26.2 Å². The summed E-state index contributed by atoms with van der Waals surface area (Å²) in [5.74, 6) is 0.104. The van der Waals surface area contributed by atoms with Crippen molar-refractivity contribution in [2.75, 3.05) is 13.6 Å². The van der Waals surface area contributed by atoms with Crippen LogP contribution in [0.5, 0.6) is 0 Å². The number of halogens is 2. The van der Waals surface area contributed by atoms with Crippen molar-refractivity contribution in [3.05, 3.63) is 19.2 Å². The van der Waals surface area contributed by atoms with Crippen LogP contribution in [0.4, 0.5) is 0 Å². The van der Waals surface area contributed by atoms with E-state index in [0.717, 1.165) is 26.1 Å². The van der Waals surface area contributed by atoms with Crippen molar-refractivity contribution in [3.8, 4) is 0 Å². The van der Waals surface area contributed by atoms with Gasteiger partial charge in [0.25, 0.3) is 5.91 Å². The first-order valence-corrected chi connectivity index (χ1v) is 7.66. The molecular formula is C11H15Br2NOS. The highest BCUT2D eigenvalue weighted by atomic mass is 79.9. The zero-order valence-corrected chi connectivity index (χ0v) is 13.4. The Morgan fingerprint density at radius 1 is 1.44 bits per heavy atom. The van der Waals surface area contributed by atoms with Crippen LogP contribution in [-0.4, -0.2) is 24.4 Å². The third kappa shape index (κ3) is 3.86. The highest BCUT2D eigenvalue weighted by Gasteiger charge is 2.15. The second-order valence-electron chi connectivity index (χ2n) is 3.67. The van der Waals surface area contributed by atoms with Gasteiger partial charge in [-0.1, -0.05) is 19.8 Å². The Labute approximate surface area is 117 Å². The molecule has 2 nitrogen and oxygen atoms in total. The van der Waals surface area contributed by atoms with Gasteiger partial charge in [0.1, 0.15) is 0 Å². The Morgan fingerprint density at radius 2 is 2.12 bits per heavy atom. The van der Waals surface area contributed by atoms with Gasteiger partial charge in [-0.3, -0.25) is 4.79 Å². The summed E-state index contributed by atoms with van der Waals surface area (Å²) in [7, 11) is 1.86. The van der Waals surface area contributed by atoms with Crippen LogP contribution < -0.4 is 0 Å². The van der Waals surface area contributed by atoms with Crippen LogP contribution in [0.25, 0.3) is 0 Å². The van der Waals surface area contributed by atoms with Gasteiger partial charge in [-0.2, -0.15) is 0 Å². The first-order chi connectivity index (χ1) is 7.56. The standard InChI is InChI=1S/C11H15Br2NOS/c1-3-4-5-6-14(2)11(15)9-7-8(12)10(13)16-9/h7H,3-6H2,1-2H3. The number of unbranched alkanes of at least 4 members (excludes halogenated alkanes) is 2. The van der Waals surface area contributed by atoms with Gasteiger partial charge in [0.2, 0.25) is 0 Å². The van der Waals surface area contributed by atoms with E-state index in [1.54, 1.807) is 4.90 Å². The third-order valence-electron chi connectivity index (χ3n) is 2.30. The maximum atomic E-state index is 12.0. The Bertz CT molecular complexity index is 345. The van der Waals surface area contributed by atoms with E-state index in [2.05, 4.69) is 38.8 Å². The molecule has 0 saturated heterocycles. The fraction of sp³-hybridized carbons (Fsp3) is 0.545. The molecule has 1 rings (SSSR count). The largest absolute Gasteiger partial charge is 0.341 e. The summed E-state index contributed by atoms with van der Waals surface area (Å²) in [5, 5.41) is 0. The topological polar surface area (TPSA) is 20.3 Å². The highest BCUT2D eigenvalue weighted by molar-refractivity contribution is 9.13. The average molecular weight is 369 g/mol. The number of thiophene rings is 1. The van der Waals surface area contributed by atoms with E-state index in [9.17, 15) is 4.79 Å². The molecule has 16 heavy (non-hydrogen) atoms. The molecule has 1 heterocycles. The van der Waals surface area contributed by atoms with Crippen LogP contribution in [0.3, 0.4) is 0 Å². The van der Waals surface area contributed by atoms with Crippen molar-refractivity contribution in [1.29, 1.82) is 0 Å². The summed E-state index contributed by atoms with van der Waals surface area (Å²) >= 11 is 8.26. The van der Waals surface area contributed by atoms with E-state index in [-0.39, 0.29) is 5.91 Å². The lowest BCUT2D eigenvalue weighted by atomic mass is 10.2. The van der Waals surface area contributed by atoms with Gasteiger partial charge in [0.05, 0.1) is 8.66 Å². The monoisotopic (exact) mass is 367 g/mol. The van der Waals surface area contributed by atoms with Crippen LogP contribution in [-0.2, 0) is 0 Å². The van der Waals surface area contributed by atoms with Gasteiger partial charge in [0.15, 0.2) is 0 Å². The summed E-state index contributed by atoms with van der Waals surface area (Å²) in [6.07, 6.45) is 3.43. The molecule has 0 fully saturated rings. The number of rotatable bonds is 5. The molecule has 0 bridgehead atoms. The summed E-state index contributed by atoms with van der Waals surface area (Å²) in [5.41, 5.74) is 0. The zero-order chi connectivity index (χ0) is 12.1. The van der Waals surface area contributed by atoms with E-state index in [0.29, 0.717) is 0 Å². The van der Waals surface area contributed by atoms with Gasteiger partial charge in [0, 0.05) is 18.1 Å². The van der Waals surface area contributed by atoms with Gasteiger partial charge in [-0.25, -0.2) is 0 Å². The van der Waals surface area contributed by atoms with Gasteiger partial charge in [-0.15, -0.1) is 11.3 Å². The normalized spacial score (nSPS) is 10.5. The first kappa shape index (κ1) is 14.2. The summed E-state index contributed by atoms with van der Waals surface area (Å²) in [4.78, 5) is 14.6. The number of hydrogen-bond donors (Lipinski definition) is 0. The minimum atomic E-state index is 0.104. The Morgan fingerprint density at radius 3 is 2.62 bits per heavy atom. The maximum Gasteiger partial charge on any atom is 0.263 e. The number of amides is 1. The molecule has 5 heteroatoms. The van der Waals surface area contributed by atoms with Crippen LogP contribution in [0, 0.1) is 0 Å². The molecule has 0 N–H and O–H groups in total. The van der Waals surface area contributed by atoms with Crippen LogP contribution >= 0.6 is 43.2 Å². The number of carbonyl (C=O) groups excluding carboxylic acids is 1. The smallest absolute Gasteiger partial charge is 0.263 e. The quantitative estimate of drug-likeness (QED) is 0.699. The van der Waals surface area contributed by atoms with E-state index in [4.69, 9.17) is 0 Å². The van der Waals surface area contributed by atoms with Gasteiger partial charge >= 0.3 is 0 Å². The molecule has 1 aromatic rings. The fourth-order valence-electron chi connectivity index (χ4n) is 1.34. The summed E-state index contributed by atoms with van der Waals surface area (Å²) in [6, 6.07) is 1.87. The van der Waals surface area contributed by atoms with Crippen molar-refractivity contribution < 1.29 is 4.79 Å². The molecule has 90 valence electrons. The molecule has 0 aromatic carbocycles. The molecule has 0 aliphatic carbocycles. The van der Waals surface area contributed by atoms with E-state index < -0.39 is 0 Å². The number of nitrogens with zero attached hydrogens (tertiary/aromatic N) is 1. The van der Waals surface area contributed by atoms with Crippen molar-refractivity contribution in [1.82, 2.24) is 4.90 Å². The molecule has 1 aromatic heterocycles. The Kier molecular flexibility index (Phi) is 6.00. The average Bonchev–Trinajstić information content (AvgIpc) is 2.58. The first-order valence-electron chi connectivity index (χ1n) is 5.26. The Hall–Kier alpha value is 0.130. The zero-order valence-electron chi connectivity index (χ0n) is 9.43. The third-order valence-corrected chi connectivity index (χ3v) is 5.54. The lowest BCUT2D eigenvalue weighted by molar-refractivity contribution is 0.0797. The van der Waals surface area contributed by atoms with Gasteiger partial charge in [-0.05, 0) is 44.3 Å². The lowest BCUT2D eigenvalue weighted by Crippen LogP contribution is -2.26. The lowest BCUT2D eigenvalue weighted by Gasteiger charge is -2.15. The van der Waals surface area contributed by atoms with Crippen LogP contribution in [0.15, 0.2) is 14.3 Å². The predicted octanol–water partition coefficient (Wildman–Crippen LogP) is 4.54. The Balaban J connectivity index is 2.56. The summed E-state index contributed by atoms with van der Waals surface area (Å²) < 4.78 is 1.92. The molecule has 0 atom stereocenters. The van der Waals surface area contributed by atoms with Crippen LogP contribution in [0.1, 0.15) is 35.9 Å². The summed E-state index contributed by atoms with van der Waals surface area (Å²) in [6.45, 7) is 3.00. The minimum Gasteiger partial charge on any atom is -0.341 e. The second kappa shape index (κ2) is 6.77. The van der Waals surface area contributed by atoms with Crippen molar-refractivity contribution >= 4 is 49.1 Å². The number of hydrogen-bond acceptors (Lipinski definition) is 2. The molecule has 1 amide bonds. The van der Waals surface area contributed by atoms with E-state index in [1.807, 2.05) is 13.1 Å². The minimum absolute atomic E-state index is 0.104. The molecule has 0 aliphatic heterocycles.